The van der Waals surface area contributed by atoms with Crippen LogP contribution < -0.4 is 15.1 Å². The van der Waals surface area contributed by atoms with Gasteiger partial charge in [0.15, 0.2) is 23.2 Å². The molecular formula is C33H44N8O6. The first kappa shape index (κ1) is 31.6. The lowest BCUT2D eigenvalue weighted by molar-refractivity contribution is -0.0368. The van der Waals surface area contributed by atoms with Crippen molar-refractivity contribution in [1.29, 1.82) is 0 Å². The second kappa shape index (κ2) is 12.2. The lowest BCUT2D eigenvalue weighted by atomic mass is 9.73. The van der Waals surface area contributed by atoms with Gasteiger partial charge in [-0.25, -0.2) is 29.2 Å². The van der Waals surface area contributed by atoms with E-state index in [-0.39, 0.29) is 29.5 Å². The number of alkyl carbamates (subject to hydrolysis) is 1. The standard InChI is InChI=1S/C33H44N8O6/c1-20-27(37-31(44)47-32(2,3)4)33(19-46-20)12-15-39(16-13-33)24-18-34-26-28(36-24)41(25-9-5-6-17-45-25)38-29(26)40-14-7-8-21-23(40)11-10-22(35-21)30(42)43/h10-11,18,20,25,27H,5-9,12-17,19H2,1-4H3,(H,37,44)(H,42,43)/t20-,25?,27+/m0/s1. The van der Waals surface area contributed by atoms with Gasteiger partial charge in [-0.3, -0.25) is 0 Å². The number of hydrogen-bond donors (Lipinski definition) is 2. The molecule has 0 saturated carbocycles. The number of carbonyl (C=O) groups excluding carboxylic acids is 1. The Balaban J connectivity index is 1.17. The zero-order valence-electron chi connectivity index (χ0n) is 27.6. The minimum atomic E-state index is -1.04. The molecule has 3 aromatic rings. The third kappa shape index (κ3) is 6.08. The Labute approximate surface area is 273 Å². The van der Waals surface area contributed by atoms with E-state index in [9.17, 15) is 14.7 Å². The molecule has 0 aliphatic carbocycles. The number of carboxylic acid groups (broad SMARTS) is 1. The molecule has 0 aromatic carbocycles. The molecule has 3 fully saturated rings. The van der Waals surface area contributed by atoms with E-state index in [2.05, 4.69) is 20.1 Å². The zero-order chi connectivity index (χ0) is 32.9. The number of piperidine rings is 1. The molecule has 7 heterocycles. The van der Waals surface area contributed by atoms with Crippen LogP contribution in [0.5, 0.6) is 0 Å². The van der Waals surface area contributed by atoms with E-state index in [1.165, 1.54) is 0 Å². The maximum Gasteiger partial charge on any atom is 0.407 e. The highest BCUT2D eigenvalue weighted by atomic mass is 16.6. The number of aromatic carboxylic acids is 1. The predicted octanol–water partition coefficient (Wildman–Crippen LogP) is 4.60. The number of pyridine rings is 1. The van der Waals surface area contributed by atoms with Crippen LogP contribution in [0.25, 0.3) is 11.2 Å². The lowest BCUT2D eigenvalue weighted by Crippen LogP contribution is -2.55. The SMILES string of the molecule is C[C@@H]1OCC2(CCN(c3cnc4c(N5CCCc6nc(C(=O)O)ccc65)nn(C5CCCCO5)c4n3)CC2)[C@@H]1NC(=O)OC(C)(C)C. The van der Waals surface area contributed by atoms with Gasteiger partial charge in [0.25, 0.3) is 0 Å². The Morgan fingerprint density at radius 2 is 1.89 bits per heavy atom. The van der Waals surface area contributed by atoms with Crippen LogP contribution in [0.15, 0.2) is 18.3 Å². The maximum absolute atomic E-state index is 12.7. The largest absolute Gasteiger partial charge is 0.477 e. The van der Waals surface area contributed by atoms with E-state index in [1.807, 2.05) is 44.6 Å². The second-order valence-electron chi connectivity index (χ2n) is 14.2. The summed E-state index contributed by atoms with van der Waals surface area (Å²) >= 11 is 0. The van der Waals surface area contributed by atoms with Crippen molar-refractivity contribution in [2.45, 2.75) is 96.6 Å². The van der Waals surface area contributed by atoms with Crippen molar-refractivity contribution in [1.82, 2.24) is 30.0 Å². The molecule has 14 nitrogen and oxygen atoms in total. The molecule has 3 aromatic heterocycles. The van der Waals surface area contributed by atoms with E-state index < -0.39 is 17.7 Å². The van der Waals surface area contributed by atoms with Crippen molar-refractivity contribution in [3.63, 3.8) is 0 Å². The number of fused-ring (bicyclic) bond motifs is 2. The van der Waals surface area contributed by atoms with Crippen molar-refractivity contribution in [2.24, 2.45) is 5.41 Å². The summed E-state index contributed by atoms with van der Waals surface area (Å²) in [6.45, 7) is 11.0. The molecule has 1 spiro atoms. The fourth-order valence-corrected chi connectivity index (χ4v) is 7.45. The third-order valence-corrected chi connectivity index (χ3v) is 9.83. The van der Waals surface area contributed by atoms with E-state index in [4.69, 9.17) is 29.3 Å². The van der Waals surface area contributed by atoms with Gasteiger partial charge in [0.1, 0.15) is 17.1 Å². The molecule has 3 atom stereocenters. The second-order valence-corrected chi connectivity index (χ2v) is 14.2. The molecule has 7 rings (SSSR count). The molecule has 4 aliphatic rings. The highest BCUT2D eigenvalue weighted by Crippen LogP contribution is 2.44. The summed E-state index contributed by atoms with van der Waals surface area (Å²) in [5.74, 6) is 0.400. The van der Waals surface area contributed by atoms with Crippen molar-refractivity contribution in [3.8, 4) is 0 Å². The van der Waals surface area contributed by atoms with E-state index in [1.54, 1.807) is 6.07 Å². The van der Waals surface area contributed by atoms with Crippen molar-refractivity contribution < 1.29 is 28.9 Å². The molecule has 252 valence electrons. The Morgan fingerprint density at radius 3 is 2.62 bits per heavy atom. The van der Waals surface area contributed by atoms with Gasteiger partial charge in [0, 0.05) is 31.7 Å². The van der Waals surface area contributed by atoms with Crippen LogP contribution in [-0.2, 0) is 20.6 Å². The van der Waals surface area contributed by atoms with Gasteiger partial charge in [-0.2, -0.15) is 0 Å². The number of aromatic nitrogens is 5. The number of nitrogens with one attached hydrogen (secondary N) is 1. The summed E-state index contributed by atoms with van der Waals surface area (Å²) in [5.41, 5.74) is 2.19. The molecule has 1 amide bonds. The zero-order valence-corrected chi connectivity index (χ0v) is 27.6. The number of hydrogen-bond acceptors (Lipinski definition) is 11. The summed E-state index contributed by atoms with van der Waals surface area (Å²) in [7, 11) is 0. The summed E-state index contributed by atoms with van der Waals surface area (Å²) in [4.78, 5) is 43.2. The topological polar surface area (TPSA) is 157 Å². The van der Waals surface area contributed by atoms with Crippen molar-refractivity contribution in [3.05, 3.63) is 29.7 Å². The molecule has 14 heteroatoms. The van der Waals surface area contributed by atoms with Gasteiger partial charge >= 0.3 is 12.1 Å². The van der Waals surface area contributed by atoms with Crippen LogP contribution in [0.1, 0.15) is 88.6 Å². The first-order chi connectivity index (χ1) is 22.5. The number of nitrogens with zero attached hydrogens (tertiary/aromatic N) is 7. The van der Waals surface area contributed by atoms with Crippen LogP contribution >= 0.6 is 0 Å². The van der Waals surface area contributed by atoms with Gasteiger partial charge in [0.2, 0.25) is 0 Å². The van der Waals surface area contributed by atoms with Crippen LogP contribution in [0.2, 0.25) is 0 Å². The number of ether oxygens (including phenoxy) is 3. The van der Waals surface area contributed by atoms with Gasteiger partial charge in [-0.05, 0) is 84.8 Å². The predicted molar refractivity (Wildman–Crippen MR) is 173 cm³/mol. The molecular weight excluding hydrogens is 604 g/mol. The molecule has 0 radical (unpaired) electrons. The Hall–Kier alpha value is -4.04. The third-order valence-electron chi connectivity index (χ3n) is 9.83. The van der Waals surface area contributed by atoms with Crippen LogP contribution in [0.3, 0.4) is 0 Å². The Kier molecular flexibility index (Phi) is 8.19. The van der Waals surface area contributed by atoms with E-state index in [0.29, 0.717) is 43.2 Å². The van der Waals surface area contributed by atoms with Gasteiger partial charge in [-0.15, -0.1) is 5.10 Å². The van der Waals surface area contributed by atoms with Crippen LogP contribution in [0.4, 0.5) is 22.1 Å². The average molecular weight is 649 g/mol. The number of amides is 1. The number of aryl methyl sites for hydroxylation is 1. The van der Waals surface area contributed by atoms with Crippen LogP contribution in [-0.4, -0.2) is 92.5 Å². The quantitative estimate of drug-likeness (QED) is 0.397. The number of rotatable bonds is 5. The molecule has 3 saturated heterocycles. The molecule has 1 unspecified atom stereocenters. The highest BCUT2D eigenvalue weighted by Gasteiger charge is 2.50. The number of carbonyl (C=O) groups is 2. The Bertz CT molecular complexity index is 1660. The summed E-state index contributed by atoms with van der Waals surface area (Å²) in [6, 6.07) is 3.21. The minimum Gasteiger partial charge on any atom is -0.477 e. The molecule has 4 aliphatic heterocycles. The first-order valence-electron chi connectivity index (χ1n) is 16.7. The molecule has 47 heavy (non-hydrogen) atoms. The molecule has 0 bridgehead atoms. The van der Waals surface area contributed by atoms with E-state index >= 15 is 0 Å². The fraction of sp³-hybridized carbons (Fsp3) is 0.636. The monoisotopic (exact) mass is 648 g/mol. The van der Waals surface area contributed by atoms with Crippen LogP contribution in [0, 0.1) is 5.41 Å². The average Bonchev–Trinajstić information content (AvgIpc) is 3.57. The Morgan fingerprint density at radius 1 is 1.09 bits per heavy atom. The fourth-order valence-electron chi connectivity index (χ4n) is 7.45. The normalized spacial score (nSPS) is 24.4. The van der Waals surface area contributed by atoms with Gasteiger partial charge in [-0.1, -0.05) is 0 Å². The minimum absolute atomic E-state index is 0.0369. The number of anilines is 3. The summed E-state index contributed by atoms with van der Waals surface area (Å²) < 4.78 is 19.7. The van der Waals surface area contributed by atoms with Crippen molar-refractivity contribution >= 4 is 40.5 Å². The van der Waals surface area contributed by atoms with Gasteiger partial charge < -0.3 is 34.4 Å². The molecule has 2 N–H and O–H groups in total. The number of carboxylic acids is 1. The summed E-state index contributed by atoms with van der Waals surface area (Å²) in [5, 5.41) is 17.7. The van der Waals surface area contributed by atoms with Crippen molar-refractivity contribution in [2.75, 3.05) is 42.6 Å². The first-order valence-corrected chi connectivity index (χ1v) is 16.7. The maximum atomic E-state index is 12.7. The summed E-state index contributed by atoms with van der Waals surface area (Å²) in [6.07, 6.45) is 7.08. The highest BCUT2D eigenvalue weighted by molar-refractivity contribution is 5.89. The lowest BCUT2D eigenvalue weighted by Gasteiger charge is -2.42. The smallest absolute Gasteiger partial charge is 0.407 e. The van der Waals surface area contributed by atoms with E-state index in [0.717, 1.165) is 68.8 Å². The van der Waals surface area contributed by atoms with Gasteiger partial charge in [0.05, 0.1) is 36.3 Å².